The lowest BCUT2D eigenvalue weighted by molar-refractivity contribution is -0.132. The van der Waals surface area contributed by atoms with Gasteiger partial charge in [0.05, 0.1) is 5.41 Å². The molecule has 0 radical (unpaired) electrons. The first kappa shape index (κ1) is 19.2. The number of benzene rings is 2. The fourth-order valence-electron chi connectivity index (χ4n) is 2.03. The molecule has 0 saturated heterocycles. The third-order valence-electron chi connectivity index (χ3n) is 3.83. The van der Waals surface area contributed by atoms with Crippen LogP contribution >= 0.6 is 23.2 Å². The number of ketones is 2. The molecule has 2 nitrogen and oxygen atoms in total. The minimum Gasteiger partial charge on any atom is -0.294 e. The van der Waals surface area contributed by atoms with Crippen LogP contribution in [0.5, 0.6) is 0 Å². The average molecular weight is 373 g/mol. The third kappa shape index (κ3) is 5.42. The van der Waals surface area contributed by atoms with Gasteiger partial charge >= 0.3 is 0 Å². The van der Waals surface area contributed by atoms with Crippen LogP contribution in [0.25, 0.3) is 12.2 Å². The van der Waals surface area contributed by atoms with Gasteiger partial charge in [0.15, 0.2) is 11.6 Å². The van der Waals surface area contributed by atoms with Crippen LogP contribution in [-0.4, -0.2) is 11.6 Å². The predicted molar refractivity (Wildman–Crippen MR) is 105 cm³/mol. The second-order valence-corrected chi connectivity index (χ2v) is 7.00. The van der Waals surface area contributed by atoms with Crippen LogP contribution in [0.3, 0.4) is 0 Å². The molecule has 2 aromatic carbocycles. The molecule has 2 aromatic rings. The highest BCUT2D eigenvalue weighted by Crippen LogP contribution is 2.21. The fraction of sp³-hybridized carbons (Fsp3) is 0.143. The van der Waals surface area contributed by atoms with Crippen LogP contribution in [0.4, 0.5) is 0 Å². The number of halogens is 2. The quantitative estimate of drug-likeness (QED) is 0.468. The van der Waals surface area contributed by atoms with E-state index < -0.39 is 5.41 Å². The summed E-state index contributed by atoms with van der Waals surface area (Å²) in [5, 5.41) is 1.26. The minimum absolute atomic E-state index is 0.256. The summed E-state index contributed by atoms with van der Waals surface area (Å²) in [6, 6.07) is 14.2. The van der Waals surface area contributed by atoms with E-state index in [0.29, 0.717) is 10.0 Å². The van der Waals surface area contributed by atoms with E-state index in [4.69, 9.17) is 23.2 Å². The fourth-order valence-corrected chi connectivity index (χ4v) is 2.28. The molecule has 128 valence electrons. The van der Waals surface area contributed by atoms with Crippen molar-refractivity contribution in [1.82, 2.24) is 0 Å². The van der Waals surface area contributed by atoms with Gasteiger partial charge in [0.2, 0.25) is 0 Å². The lowest BCUT2D eigenvalue weighted by Crippen LogP contribution is -2.30. The summed E-state index contributed by atoms with van der Waals surface area (Å²) in [6.07, 6.45) is 6.21. The first-order valence-corrected chi connectivity index (χ1v) is 8.51. The van der Waals surface area contributed by atoms with Gasteiger partial charge in [-0.3, -0.25) is 9.59 Å². The van der Waals surface area contributed by atoms with Gasteiger partial charge in [0.1, 0.15) is 0 Å². The van der Waals surface area contributed by atoms with Crippen LogP contribution in [0.15, 0.2) is 60.7 Å². The highest BCUT2D eigenvalue weighted by molar-refractivity contribution is 6.30. The molecule has 0 aliphatic heterocycles. The number of hydrogen-bond donors (Lipinski definition) is 0. The smallest absolute Gasteiger partial charge is 0.169 e. The lowest BCUT2D eigenvalue weighted by Gasteiger charge is -2.17. The zero-order chi connectivity index (χ0) is 18.4. The van der Waals surface area contributed by atoms with Crippen molar-refractivity contribution in [1.29, 1.82) is 0 Å². The average Bonchev–Trinajstić information content (AvgIpc) is 2.60. The zero-order valence-corrected chi connectivity index (χ0v) is 15.5. The molecule has 4 heteroatoms. The Kier molecular flexibility index (Phi) is 6.35. The van der Waals surface area contributed by atoms with Crippen molar-refractivity contribution in [3.8, 4) is 0 Å². The molecule has 0 unspecified atom stereocenters. The van der Waals surface area contributed by atoms with Crippen molar-refractivity contribution in [3.63, 3.8) is 0 Å². The van der Waals surface area contributed by atoms with Crippen LogP contribution in [-0.2, 0) is 9.59 Å². The summed E-state index contributed by atoms with van der Waals surface area (Å²) < 4.78 is 0. The highest BCUT2D eigenvalue weighted by atomic mass is 35.5. The van der Waals surface area contributed by atoms with E-state index in [1.165, 1.54) is 12.2 Å². The van der Waals surface area contributed by atoms with Crippen molar-refractivity contribution in [2.24, 2.45) is 5.41 Å². The van der Waals surface area contributed by atoms with Crippen LogP contribution < -0.4 is 0 Å². The Morgan fingerprint density at radius 3 is 1.36 bits per heavy atom. The van der Waals surface area contributed by atoms with Gasteiger partial charge in [-0.25, -0.2) is 0 Å². The Labute approximate surface area is 157 Å². The number of rotatable bonds is 6. The number of allylic oxidation sites excluding steroid dienone is 2. The Morgan fingerprint density at radius 2 is 1.04 bits per heavy atom. The predicted octanol–water partition coefficient (Wildman–Crippen LogP) is 5.88. The van der Waals surface area contributed by atoms with Gasteiger partial charge in [-0.05, 0) is 61.4 Å². The van der Waals surface area contributed by atoms with Crippen LogP contribution in [0, 0.1) is 5.41 Å². The third-order valence-corrected chi connectivity index (χ3v) is 4.33. The summed E-state index contributed by atoms with van der Waals surface area (Å²) in [7, 11) is 0. The van der Waals surface area contributed by atoms with Crippen molar-refractivity contribution < 1.29 is 9.59 Å². The molecule has 0 N–H and O–H groups in total. The number of hydrogen-bond acceptors (Lipinski definition) is 2. The number of carbonyl (C=O) groups is 2. The molecule has 25 heavy (non-hydrogen) atoms. The second-order valence-electron chi connectivity index (χ2n) is 6.12. The van der Waals surface area contributed by atoms with Gasteiger partial charge < -0.3 is 0 Å². The molecule has 0 bridgehead atoms. The van der Waals surface area contributed by atoms with Crippen molar-refractivity contribution in [2.45, 2.75) is 13.8 Å². The van der Waals surface area contributed by atoms with E-state index in [9.17, 15) is 9.59 Å². The molecule has 0 atom stereocenters. The summed E-state index contributed by atoms with van der Waals surface area (Å²) in [5.41, 5.74) is 0.557. The lowest BCUT2D eigenvalue weighted by atomic mass is 9.82. The molecule has 0 spiro atoms. The van der Waals surface area contributed by atoms with E-state index in [1.54, 1.807) is 74.5 Å². The number of carbonyl (C=O) groups excluding carboxylic acids is 2. The van der Waals surface area contributed by atoms with Gasteiger partial charge in [0.25, 0.3) is 0 Å². The summed E-state index contributed by atoms with van der Waals surface area (Å²) in [5.74, 6) is -0.513. The topological polar surface area (TPSA) is 34.1 Å². The molecular weight excluding hydrogens is 355 g/mol. The molecule has 0 saturated carbocycles. The molecule has 0 aliphatic rings. The monoisotopic (exact) mass is 372 g/mol. The molecular formula is C21H18Cl2O2. The van der Waals surface area contributed by atoms with Crippen molar-refractivity contribution in [2.75, 3.05) is 0 Å². The summed E-state index contributed by atoms with van der Waals surface area (Å²) in [4.78, 5) is 24.8. The molecule has 0 aliphatic carbocycles. The maximum Gasteiger partial charge on any atom is 0.169 e. The molecule has 0 heterocycles. The van der Waals surface area contributed by atoms with E-state index in [0.717, 1.165) is 11.1 Å². The Bertz CT molecular complexity index is 744. The van der Waals surface area contributed by atoms with Gasteiger partial charge in [-0.2, -0.15) is 0 Å². The van der Waals surface area contributed by atoms with Gasteiger partial charge in [-0.1, -0.05) is 59.6 Å². The van der Waals surface area contributed by atoms with E-state index in [2.05, 4.69) is 0 Å². The van der Waals surface area contributed by atoms with Crippen LogP contribution in [0.2, 0.25) is 10.0 Å². The Morgan fingerprint density at radius 1 is 0.720 bits per heavy atom. The summed E-state index contributed by atoms with van der Waals surface area (Å²) >= 11 is 11.7. The molecule has 0 aromatic heterocycles. The van der Waals surface area contributed by atoms with E-state index in [1.807, 2.05) is 0 Å². The van der Waals surface area contributed by atoms with Crippen molar-refractivity contribution in [3.05, 3.63) is 81.9 Å². The maximum absolute atomic E-state index is 12.4. The highest BCUT2D eigenvalue weighted by Gasteiger charge is 2.32. The zero-order valence-electron chi connectivity index (χ0n) is 14.0. The maximum atomic E-state index is 12.4. The standard InChI is InChI=1S/C21H18Cl2O2/c1-21(2,19(24)13-7-15-3-9-17(22)10-4-15)20(25)14-8-16-5-11-18(23)12-6-16/h3-14H,1-2H3/b13-7+,14-8+. The molecule has 2 rings (SSSR count). The molecule has 0 amide bonds. The Hall–Kier alpha value is -2.16. The molecule has 0 fully saturated rings. The Balaban J connectivity index is 2.07. The first-order chi connectivity index (χ1) is 11.8. The summed E-state index contributed by atoms with van der Waals surface area (Å²) in [6.45, 7) is 3.24. The second kappa shape index (κ2) is 8.28. The van der Waals surface area contributed by atoms with Crippen molar-refractivity contribution >= 4 is 46.9 Å². The van der Waals surface area contributed by atoms with Crippen LogP contribution in [0.1, 0.15) is 25.0 Å². The normalized spacial score (nSPS) is 12.0. The first-order valence-electron chi connectivity index (χ1n) is 7.75. The van der Waals surface area contributed by atoms with Gasteiger partial charge in [0, 0.05) is 10.0 Å². The van der Waals surface area contributed by atoms with Gasteiger partial charge in [-0.15, -0.1) is 0 Å². The minimum atomic E-state index is -1.13. The SMILES string of the molecule is CC(C)(C(=O)/C=C/c1ccc(Cl)cc1)C(=O)/C=C/c1ccc(Cl)cc1. The largest absolute Gasteiger partial charge is 0.294 e. The van der Waals surface area contributed by atoms with E-state index >= 15 is 0 Å². The van der Waals surface area contributed by atoms with E-state index in [-0.39, 0.29) is 11.6 Å².